The van der Waals surface area contributed by atoms with Crippen molar-refractivity contribution in [1.82, 2.24) is 15.2 Å². The van der Waals surface area contributed by atoms with Gasteiger partial charge in [-0.25, -0.2) is 4.98 Å². The molecule has 6 heteroatoms. The summed E-state index contributed by atoms with van der Waals surface area (Å²) in [7, 11) is 0. The number of amides is 1. The van der Waals surface area contributed by atoms with Crippen molar-refractivity contribution in [2.45, 2.75) is 18.9 Å². The number of fused-ring (bicyclic) bond motifs is 2. The van der Waals surface area contributed by atoms with Crippen LogP contribution >= 0.6 is 11.6 Å². The lowest BCUT2D eigenvalue weighted by Gasteiger charge is -2.30. The fraction of sp³-hybridized carbons (Fsp3) is 0.538. The summed E-state index contributed by atoms with van der Waals surface area (Å²) in [5, 5.41) is 2.86. The Balaban J connectivity index is 1.66. The summed E-state index contributed by atoms with van der Waals surface area (Å²) in [4.78, 5) is 17.9. The lowest BCUT2D eigenvalue weighted by molar-refractivity contribution is 0.0903. The lowest BCUT2D eigenvalue weighted by atomic mass is 9.97. The molecule has 2 saturated heterocycles. The molecule has 3 unspecified atom stereocenters. The first-order valence-electron chi connectivity index (χ1n) is 6.47. The number of hydrogen-bond acceptors (Lipinski definition) is 3. The third-order valence-electron chi connectivity index (χ3n) is 3.84. The van der Waals surface area contributed by atoms with Gasteiger partial charge in [-0.1, -0.05) is 11.6 Å². The zero-order chi connectivity index (χ0) is 13.4. The molecule has 3 atom stereocenters. The van der Waals surface area contributed by atoms with Crippen molar-refractivity contribution in [3.63, 3.8) is 0 Å². The number of aromatic nitrogens is 1. The van der Waals surface area contributed by atoms with E-state index in [9.17, 15) is 9.18 Å². The second kappa shape index (κ2) is 5.06. The normalized spacial score (nSPS) is 29.3. The molecule has 1 aromatic heterocycles. The molecule has 1 aromatic rings. The van der Waals surface area contributed by atoms with Crippen LogP contribution in [0.3, 0.4) is 0 Å². The monoisotopic (exact) mass is 283 g/mol. The second-order valence-corrected chi connectivity index (χ2v) is 5.70. The molecule has 0 saturated carbocycles. The average Bonchev–Trinajstić information content (AvgIpc) is 2.72. The van der Waals surface area contributed by atoms with E-state index in [0.29, 0.717) is 5.92 Å². The van der Waals surface area contributed by atoms with Gasteiger partial charge in [0, 0.05) is 19.1 Å². The first-order valence-corrected chi connectivity index (χ1v) is 6.85. The van der Waals surface area contributed by atoms with Crippen molar-refractivity contribution in [2.24, 2.45) is 5.92 Å². The molecular formula is C13H15ClFN3O. The third-order valence-corrected chi connectivity index (χ3v) is 4.12. The number of piperidine rings is 1. The Kier molecular flexibility index (Phi) is 3.41. The Morgan fingerprint density at radius 3 is 3.05 bits per heavy atom. The molecule has 4 nitrogen and oxygen atoms in total. The van der Waals surface area contributed by atoms with Gasteiger partial charge < -0.3 is 10.2 Å². The SMILES string of the molecule is O=C(NC1CC2CCN(C2)C1)c1ccc(Cl)c(F)n1. The molecule has 102 valence electrons. The summed E-state index contributed by atoms with van der Waals surface area (Å²) in [5.41, 5.74) is 0.0785. The largest absolute Gasteiger partial charge is 0.347 e. The van der Waals surface area contributed by atoms with E-state index in [-0.39, 0.29) is 22.7 Å². The van der Waals surface area contributed by atoms with Crippen LogP contribution in [-0.2, 0) is 0 Å². The summed E-state index contributed by atoms with van der Waals surface area (Å²) in [6.45, 7) is 3.13. The van der Waals surface area contributed by atoms with Crippen molar-refractivity contribution in [3.8, 4) is 0 Å². The second-order valence-electron chi connectivity index (χ2n) is 5.29. The first kappa shape index (κ1) is 12.8. The van der Waals surface area contributed by atoms with Crippen LogP contribution in [0.15, 0.2) is 12.1 Å². The molecular weight excluding hydrogens is 269 g/mol. The van der Waals surface area contributed by atoms with Gasteiger partial charge in [-0.05, 0) is 37.4 Å². The van der Waals surface area contributed by atoms with Crippen LogP contribution in [0.4, 0.5) is 4.39 Å². The third kappa shape index (κ3) is 2.72. The molecule has 2 bridgehead atoms. The Labute approximate surface area is 115 Å². The van der Waals surface area contributed by atoms with Gasteiger partial charge in [0.2, 0.25) is 5.95 Å². The van der Waals surface area contributed by atoms with Crippen molar-refractivity contribution in [3.05, 3.63) is 28.8 Å². The molecule has 0 aliphatic carbocycles. The topological polar surface area (TPSA) is 45.2 Å². The van der Waals surface area contributed by atoms with Crippen molar-refractivity contribution in [1.29, 1.82) is 0 Å². The van der Waals surface area contributed by atoms with Crippen molar-refractivity contribution in [2.75, 3.05) is 19.6 Å². The molecule has 3 heterocycles. The van der Waals surface area contributed by atoms with Gasteiger partial charge in [0.15, 0.2) is 0 Å². The number of rotatable bonds is 2. The van der Waals surface area contributed by atoms with E-state index in [0.717, 1.165) is 26.1 Å². The summed E-state index contributed by atoms with van der Waals surface area (Å²) in [6.07, 6.45) is 2.21. The van der Waals surface area contributed by atoms with E-state index in [4.69, 9.17) is 11.6 Å². The fourth-order valence-corrected chi connectivity index (χ4v) is 3.07. The number of nitrogens with one attached hydrogen (secondary N) is 1. The average molecular weight is 284 g/mol. The van der Waals surface area contributed by atoms with E-state index in [1.54, 1.807) is 0 Å². The molecule has 2 aliphatic heterocycles. The molecule has 0 radical (unpaired) electrons. The van der Waals surface area contributed by atoms with Crippen LogP contribution in [0.25, 0.3) is 0 Å². The fourth-order valence-electron chi connectivity index (χ4n) is 2.97. The maximum Gasteiger partial charge on any atom is 0.270 e. The van der Waals surface area contributed by atoms with E-state index in [2.05, 4.69) is 15.2 Å². The van der Waals surface area contributed by atoms with Crippen LogP contribution in [0.5, 0.6) is 0 Å². The zero-order valence-corrected chi connectivity index (χ0v) is 11.2. The highest BCUT2D eigenvalue weighted by Crippen LogP contribution is 2.26. The maximum atomic E-state index is 13.2. The molecule has 2 aliphatic rings. The number of halogens is 2. The Morgan fingerprint density at radius 1 is 1.47 bits per heavy atom. The predicted octanol–water partition coefficient (Wildman–Crippen LogP) is 1.70. The number of carbonyl (C=O) groups is 1. The van der Waals surface area contributed by atoms with Gasteiger partial charge in [-0.3, -0.25) is 4.79 Å². The minimum atomic E-state index is -0.804. The highest BCUT2D eigenvalue weighted by molar-refractivity contribution is 6.30. The minimum Gasteiger partial charge on any atom is -0.347 e. The van der Waals surface area contributed by atoms with Gasteiger partial charge in [0.05, 0.1) is 5.02 Å². The van der Waals surface area contributed by atoms with E-state index in [1.807, 2.05) is 0 Å². The number of pyridine rings is 1. The molecule has 0 aromatic carbocycles. The van der Waals surface area contributed by atoms with Crippen molar-refractivity contribution >= 4 is 17.5 Å². The molecule has 3 rings (SSSR count). The van der Waals surface area contributed by atoms with E-state index >= 15 is 0 Å². The van der Waals surface area contributed by atoms with E-state index in [1.165, 1.54) is 18.6 Å². The summed E-state index contributed by atoms with van der Waals surface area (Å²) in [6, 6.07) is 2.93. The van der Waals surface area contributed by atoms with Gasteiger partial charge in [0.25, 0.3) is 5.91 Å². The van der Waals surface area contributed by atoms with Crippen LogP contribution in [0.2, 0.25) is 5.02 Å². The van der Waals surface area contributed by atoms with Gasteiger partial charge in [0.1, 0.15) is 5.69 Å². The zero-order valence-electron chi connectivity index (χ0n) is 10.4. The highest BCUT2D eigenvalue weighted by atomic mass is 35.5. The Bertz CT molecular complexity index is 499. The van der Waals surface area contributed by atoms with Crippen LogP contribution in [-0.4, -0.2) is 41.5 Å². The summed E-state index contributed by atoms with van der Waals surface area (Å²) < 4.78 is 13.2. The van der Waals surface area contributed by atoms with Crippen LogP contribution in [0, 0.1) is 11.9 Å². The lowest BCUT2D eigenvalue weighted by Crippen LogP contribution is -2.47. The molecule has 1 N–H and O–H groups in total. The maximum absolute atomic E-state index is 13.2. The number of hydrogen-bond donors (Lipinski definition) is 1. The quantitative estimate of drug-likeness (QED) is 0.840. The van der Waals surface area contributed by atoms with Crippen LogP contribution < -0.4 is 5.32 Å². The van der Waals surface area contributed by atoms with Gasteiger partial charge >= 0.3 is 0 Å². The van der Waals surface area contributed by atoms with Crippen molar-refractivity contribution < 1.29 is 9.18 Å². The summed E-state index contributed by atoms with van der Waals surface area (Å²) in [5.74, 6) is -0.459. The molecule has 19 heavy (non-hydrogen) atoms. The standard InChI is InChI=1S/C13H15ClFN3O/c14-10-1-2-11(17-12(10)15)13(19)16-9-5-8-3-4-18(6-8)7-9/h1-2,8-9H,3-7H2,(H,16,19). The predicted molar refractivity (Wildman–Crippen MR) is 69.6 cm³/mol. The van der Waals surface area contributed by atoms with Crippen LogP contribution in [0.1, 0.15) is 23.3 Å². The smallest absolute Gasteiger partial charge is 0.270 e. The summed E-state index contributed by atoms with van der Waals surface area (Å²) >= 11 is 5.55. The van der Waals surface area contributed by atoms with E-state index < -0.39 is 5.95 Å². The molecule has 2 fully saturated rings. The molecule has 1 amide bonds. The minimum absolute atomic E-state index is 0.0710. The first-order chi connectivity index (χ1) is 9.11. The Morgan fingerprint density at radius 2 is 2.32 bits per heavy atom. The number of carbonyl (C=O) groups excluding carboxylic acids is 1. The van der Waals surface area contributed by atoms with Gasteiger partial charge in [-0.2, -0.15) is 4.39 Å². The van der Waals surface area contributed by atoms with Gasteiger partial charge in [-0.15, -0.1) is 0 Å². The Hall–Kier alpha value is -1.20. The molecule has 0 spiro atoms. The highest BCUT2D eigenvalue weighted by Gasteiger charge is 2.33. The number of nitrogens with zero attached hydrogens (tertiary/aromatic N) is 2.